The summed E-state index contributed by atoms with van der Waals surface area (Å²) < 4.78 is 0. The van der Waals surface area contributed by atoms with Gasteiger partial charge in [-0.3, -0.25) is 9.79 Å². The zero-order valence-corrected chi connectivity index (χ0v) is 9.36. The summed E-state index contributed by atoms with van der Waals surface area (Å²) in [5.41, 5.74) is -0.413. The molecule has 1 N–H and O–H groups in total. The van der Waals surface area contributed by atoms with E-state index in [0.29, 0.717) is 0 Å². The molecule has 2 aliphatic rings. The predicted molar refractivity (Wildman–Crippen MR) is 58.0 cm³/mol. The molecule has 1 fully saturated rings. The Morgan fingerprint density at radius 3 is 2.43 bits per heavy atom. The van der Waals surface area contributed by atoms with Crippen LogP contribution in [0.15, 0.2) is 4.99 Å². The van der Waals surface area contributed by atoms with Gasteiger partial charge in [0.25, 0.3) is 5.91 Å². The number of piperidine rings is 1. The van der Waals surface area contributed by atoms with Gasteiger partial charge in [-0.25, -0.2) is 0 Å². The average Bonchev–Trinajstić information content (AvgIpc) is 2.33. The zero-order chi connectivity index (χ0) is 9.47. The Balaban J connectivity index is 0.000000980. The number of carbonyl (C=O) groups excluding carboxylic acids is 1. The monoisotopic (exact) mass is 217 g/mol. The summed E-state index contributed by atoms with van der Waals surface area (Å²) in [6.45, 7) is 3.70. The lowest BCUT2D eigenvalue weighted by atomic mass is 9.89. The molecule has 0 radical (unpaired) electrons. The summed E-state index contributed by atoms with van der Waals surface area (Å²) >= 11 is 0. The van der Waals surface area contributed by atoms with Crippen LogP contribution in [0, 0.1) is 0 Å². The minimum Gasteiger partial charge on any atom is -0.317 e. The Morgan fingerprint density at radius 2 is 2.00 bits per heavy atom. The molecule has 1 spiro atoms. The van der Waals surface area contributed by atoms with Crippen molar-refractivity contribution in [2.75, 3.05) is 20.1 Å². The van der Waals surface area contributed by atoms with Crippen LogP contribution in [0.25, 0.3) is 0 Å². The molecule has 2 rings (SSSR count). The van der Waals surface area contributed by atoms with Gasteiger partial charge in [-0.2, -0.15) is 0 Å². The molecular formula is C9H16ClN3O. The lowest BCUT2D eigenvalue weighted by Crippen LogP contribution is -2.47. The summed E-state index contributed by atoms with van der Waals surface area (Å²) in [5, 5.41) is 3.25. The fourth-order valence-corrected chi connectivity index (χ4v) is 2.06. The molecule has 0 bridgehead atoms. The lowest BCUT2D eigenvalue weighted by molar-refractivity contribution is -0.131. The molecule has 0 aromatic heterocycles. The number of nitrogens with zero attached hydrogens (tertiary/aromatic N) is 2. The molecule has 0 unspecified atom stereocenters. The highest BCUT2D eigenvalue weighted by Crippen LogP contribution is 2.30. The number of halogens is 1. The first kappa shape index (κ1) is 11.5. The second-order valence-corrected chi connectivity index (χ2v) is 3.80. The number of aliphatic imine (C=N–C) groups is 1. The lowest BCUT2D eigenvalue weighted by Gasteiger charge is -2.29. The maximum absolute atomic E-state index is 11.9. The van der Waals surface area contributed by atoms with Crippen LogP contribution in [0.3, 0.4) is 0 Å². The fourth-order valence-electron chi connectivity index (χ4n) is 2.06. The Bertz CT molecular complexity index is 271. The molecule has 5 heteroatoms. The van der Waals surface area contributed by atoms with Gasteiger partial charge in [0.2, 0.25) is 0 Å². The highest BCUT2D eigenvalue weighted by atomic mass is 35.5. The van der Waals surface area contributed by atoms with E-state index in [-0.39, 0.29) is 18.3 Å². The number of likely N-dealkylation sites (N-methyl/N-ethyl adjacent to an activating group) is 1. The second kappa shape index (κ2) is 3.87. The average molecular weight is 218 g/mol. The van der Waals surface area contributed by atoms with Gasteiger partial charge in [-0.15, -0.1) is 12.4 Å². The van der Waals surface area contributed by atoms with Crippen molar-refractivity contribution in [3.05, 3.63) is 0 Å². The zero-order valence-electron chi connectivity index (χ0n) is 8.54. The van der Waals surface area contributed by atoms with Crippen LogP contribution in [-0.2, 0) is 4.79 Å². The van der Waals surface area contributed by atoms with Crippen molar-refractivity contribution in [1.29, 1.82) is 0 Å². The van der Waals surface area contributed by atoms with E-state index in [4.69, 9.17) is 0 Å². The molecule has 0 saturated carbocycles. The molecule has 1 saturated heterocycles. The van der Waals surface area contributed by atoms with Crippen LogP contribution >= 0.6 is 12.4 Å². The molecule has 0 aromatic carbocycles. The minimum absolute atomic E-state index is 0. The fraction of sp³-hybridized carbons (Fsp3) is 0.778. The van der Waals surface area contributed by atoms with E-state index in [1.165, 1.54) is 0 Å². The van der Waals surface area contributed by atoms with Crippen molar-refractivity contribution in [3.63, 3.8) is 0 Å². The van der Waals surface area contributed by atoms with Crippen molar-refractivity contribution in [1.82, 2.24) is 10.2 Å². The van der Waals surface area contributed by atoms with Crippen molar-refractivity contribution in [2.45, 2.75) is 25.3 Å². The summed E-state index contributed by atoms with van der Waals surface area (Å²) in [5.74, 6) is 1.03. The van der Waals surface area contributed by atoms with Gasteiger partial charge in [-0.05, 0) is 32.9 Å². The third-order valence-electron chi connectivity index (χ3n) is 2.99. The number of rotatable bonds is 0. The predicted octanol–water partition coefficient (Wildman–Crippen LogP) is 0.421. The molecule has 80 valence electrons. The molecule has 2 aliphatic heterocycles. The summed E-state index contributed by atoms with van der Waals surface area (Å²) in [6.07, 6.45) is 1.68. The van der Waals surface area contributed by atoms with Crippen LogP contribution in [0.1, 0.15) is 19.8 Å². The Morgan fingerprint density at radius 1 is 1.43 bits per heavy atom. The standard InChI is InChI=1S/C9H15N3O.ClH/c1-7-11-9(8(13)12(7)2)3-5-10-6-4-9;/h10H,3-6H2,1-2H3;1H. The first-order valence-electron chi connectivity index (χ1n) is 4.71. The number of nitrogens with one attached hydrogen (secondary N) is 1. The molecule has 0 aromatic rings. The number of amidine groups is 1. The van der Waals surface area contributed by atoms with Gasteiger partial charge in [0.05, 0.1) is 0 Å². The van der Waals surface area contributed by atoms with E-state index in [1.807, 2.05) is 6.92 Å². The number of amides is 1. The number of hydrogen-bond donors (Lipinski definition) is 1. The van der Waals surface area contributed by atoms with Crippen molar-refractivity contribution in [2.24, 2.45) is 4.99 Å². The highest BCUT2D eigenvalue weighted by molar-refractivity contribution is 6.07. The molecule has 4 nitrogen and oxygen atoms in total. The molecular weight excluding hydrogens is 202 g/mol. The Hall–Kier alpha value is -0.610. The van der Waals surface area contributed by atoms with E-state index in [2.05, 4.69) is 10.3 Å². The van der Waals surface area contributed by atoms with Crippen LogP contribution in [0.5, 0.6) is 0 Å². The van der Waals surface area contributed by atoms with Gasteiger partial charge in [0.15, 0.2) is 0 Å². The SMILES string of the molecule is CC1=NC2(CCNCC2)C(=O)N1C.Cl. The molecule has 0 aliphatic carbocycles. The van der Waals surface area contributed by atoms with E-state index in [9.17, 15) is 4.79 Å². The summed E-state index contributed by atoms with van der Waals surface area (Å²) in [7, 11) is 1.80. The quantitative estimate of drug-likeness (QED) is 0.639. The largest absolute Gasteiger partial charge is 0.317 e. The van der Waals surface area contributed by atoms with Crippen molar-refractivity contribution in [3.8, 4) is 0 Å². The normalized spacial score (nSPS) is 24.9. The maximum atomic E-state index is 11.9. The van der Waals surface area contributed by atoms with Gasteiger partial charge in [0.1, 0.15) is 11.4 Å². The van der Waals surface area contributed by atoms with Gasteiger partial charge in [0, 0.05) is 7.05 Å². The maximum Gasteiger partial charge on any atom is 0.255 e. The third-order valence-corrected chi connectivity index (χ3v) is 2.99. The molecule has 1 amide bonds. The second-order valence-electron chi connectivity index (χ2n) is 3.80. The molecule has 14 heavy (non-hydrogen) atoms. The van der Waals surface area contributed by atoms with Crippen molar-refractivity contribution < 1.29 is 4.79 Å². The van der Waals surface area contributed by atoms with E-state index >= 15 is 0 Å². The smallest absolute Gasteiger partial charge is 0.255 e. The number of carbonyl (C=O) groups is 1. The summed E-state index contributed by atoms with van der Waals surface area (Å²) in [6, 6.07) is 0. The van der Waals surface area contributed by atoms with E-state index in [1.54, 1.807) is 11.9 Å². The van der Waals surface area contributed by atoms with Gasteiger partial charge < -0.3 is 10.2 Å². The topological polar surface area (TPSA) is 44.7 Å². The van der Waals surface area contributed by atoms with Gasteiger partial charge in [-0.1, -0.05) is 0 Å². The van der Waals surface area contributed by atoms with E-state index < -0.39 is 5.54 Å². The molecule has 2 heterocycles. The van der Waals surface area contributed by atoms with E-state index in [0.717, 1.165) is 31.8 Å². The van der Waals surface area contributed by atoms with Crippen molar-refractivity contribution >= 4 is 24.1 Å². The van der Waals surface area contributed by atoms with Crippen LogP contribution in [-0.4, -0.2) is 42.3 Å². The Kier molecular flexibility index (Phi) is 3.17. The van der Waals surface area contributed by atoms with Gasteiger partial charge >= 0.3 is 0 Å². The van der Waals surface area contributed by atoms with Crippen LogP contribution in [0.2, 0.25) is 0 Å². The first-order chi connectivity index (χ1) is 6.16. The first-order valence-corrected chi connectivity index (χ1v) is 4.71. The third kappa shape index (κ3) is 1.53. The minimum atomic E-state index is -0.413. The Labute approximate surface area is 90.2 Å². The van der Waals surface area contributed by atoms with Crippen LogP contribution < -0.4 is 5.32 Å². The highest BCUT2D eigenvalue weighted by Gasteiger charge is 2.45. The van der Waals surface area contributed by atoms with Crippen LogP contribution in [0.4, 0.5) is 0 Å². The summed E-state index contributed by atoms with van der Waals surface area (Å²) in [4.78, 5) is 18.0. The number of hydrogen-bond acceptors (Lipinski definition) is 3. The molecule has 0 atom stereocenters.